The number of hydrogen-bond acceptors (Lipinski definition) is 4. The summed E-state index contributed by atoms with van der Waals surface area (Å²) in [5.74, 6) is -0.767. The lowest BCUT2D eigenvalue weighted by atomic mass is 10.2. The van der Waals surface area contributed by atoms with Crippen molar-refractivity contribution < 1.29 is 14.0 Å². The number of hydrazine groups is 1. The van der Waals surface area contributed by atoms with Gasteiger partial charge < -0.3 is 0 Å². The van der Waals surface area contributed by atoms with Gasteiger partial charge in [0.1, 0.15) is 11.2 Å². The monoisotopic (exact) mass is 317 g/mol. The van der Waals surface area contributed by atoms with Gasteiger partial charge in [-0.1, -0.05) is 12.1 Å². The fourth-order valence-corrected chi connectivity index (χ4v) is 3.23. The SMILES string of the molecule is O=C(NN1C(=O)CSC1c1cccc(F)c1)c1ccncc1. The smallest absolute Gasteiger partial charge is 0.270 e. The van der Waals surface area contributed by atoms with E-state index in [1.54, 1.807) is 24.3 Å². The number of rotatable bonds is 3. The molecule has 3 rings (SSSR count). The quantitative estimate of drug-likeness (QED) is 0.942. The van der Waals surface area contributed by atoms with Gasteiger partial charge in [0.05, 0.1) is 5.75 Å². The molecule has 0 aliphatic carbocycles. The second kappa shape index (κ2) is 6.15. The molecule has 112 valence electrons. The molecule has 7 heteroatoms. The minimum absolute atomic E-state index is 0.221. The minimum atomic E-state index is -0.436. The Kier molecular flexibility index (Phi) is 4.06. The molecule has 0 radical (unpaired) electrons. The molecule has 1 aliphatic heterocycles. The molecule has 2 amide bonds. The van der Waals surface area contributed by atoms with E-state index < -0.39 is 11.3 Å². The summed E-state index contributed by atoms with van der Waals surface area (Å²) in [6.07, 6.45) is 3.00. The Labute approximate surface area is 130 Å². The van der Waals surface area contributed by atoms with Crippen LogP contribution in [0.5, 0.6) is 0 Å². The van der Waals surface area contributed by atoms with Crippen LogP contribution in [0.15, 0.2) is 48.8 Å². The van der Waals surface area contributed by atoms with E-state index in [9.17, 15) is 14.0 Å². The zero-order valence-corrected chi connectivity index (χ0v) is 12.2. The van der Waals surface area contributed by atoms with Crippen molar-refractivity contribution in [3.8, 4) is 0 Å². The highest BCUT2D eigenvalue weighted by Crippen LogP contribution is 2.37. The second-order valence-electron chi connectivity index (χ2n) is 4.66. The highest BCUT2D eigenvalue weighted by molar-refractivity contribution is 8.00. The third-order valence-corrected chi connectivity index (χ3v) is 4.38. The molecule has 2 aromatic rings. The number of hydrogen-bond donors (Lipinski definition) is 1. The third kappa shape index (κ3) is 2.94. The number of benzene rings is 1. The molecular formula is C15H12FN3O2S. The Hall–Kier alpha value is -2.41. The van der Waals surface area contributed by atoms with Crippen molar-refractivity contribution in [1.29, 1.82) is 0 Å². The second-order valence-corrected chi connectivity index (χ2v) is 5.73. The van der Waals surface area contributed by atoms with Crippen LogP contribution in [0.2, 0.25) is 0 Å². The van der Waals surface area contributed by atoms with Crippen LogP contribution in [-0.2, 0) is 4.79 Å². The van der Waals surface area contributed by atoms with Gasteiger partial charge >= 0.3 is 0 Å². The lowest BCUT2D eigenvalue weighted by Gasteiger charge is -2.24. The Morgan fingerprint density at radius 1 is 1.32 bits per heavy atom. The maximum absolute atomic E-state index is 13.4. The van der Waals surface area contributed by atoms with Crippen molar-refractivity contribution in [2.75, 3.05) is 5.75 Å². The van der Waals surface area contributed by atoms with Gasteiger partial charge in [-0.15, -0.1) is 11.8 Å². The number of carbonyl (C=O) groups is 2. The van der Waals surface area contributed by atoms with Crippen LogP contribution >= 0.6 is 11.8 Å². The Morgan fingerprint density at radius 2 is 2.09 bits per heavy atom. The molecule has 1 aromatic heterocycles. The first-order valence-corrected chi connectivity index (χ1v) is 7.60. The van der Waals surface area contributed by atoms with Gasteiger partial charge in [0, 0.05) is 18.0 Å². The molecule has 1 atom stereocenters. The molecule has 1 unspecified atom stereocenters. The Balaban J connectivity index is 1.81. The Bertz CT molecular complexity index is 711. The third-order valence-electron chi connectivity index (χ3n) is 3.17. The number of halogens is 1. The normalized spacial score (nSPS) is 17.6. The van der Waals surface area contributed by atoms with Crippen LogP contribution in [0.3, 0.4) is 0 Å². The van der Waals surface area contributed by atoms with E-state index >= 15 is 0 Å². The van der Waals surface area contributed by atoms with Crippen LogP contribution in [0.1, 0.15) is 21.3 Å². The van der Waals surface area contributed by atoms with Crippen LogP contribution in [-0.4, -0.2) is 27.6 Å². The summed E-state index contributed by atoms with van der Waals surface area (Å²) >= 11 is 1.34. The van der Waals surface area contributed by atoms with Crippen LogP contribution in [0.25, 0.3) is 0 Å². The first-order chi connectivity index (χ1) is 10.6. The van der Waals surface area contributed by atoms with E-state index in [2.05, 4.69) is 10.4 Å². The van der Waals surface area contributed by atoms with E-state index in [0.29, 0.717) is 11.1 Å². The zero-order chi connectivity index (χ0) is 15.5. The van der Waals surface area contributed by atoms with Crippen molar-refractivity contribution in [1.82, 2.24) is 15.4 Å². The van der Waals surface area contributed by atoms with E-state index in [1.165, 1.54) is 41.3 Å². The topological polar surface area (TPSA) is 62.3 Å². The van der Waals surface area contributed by atoms with Crippen molar-refractivity contribution in [3.63, 3.8) is 0 Å². The number of carbonyl (C=O) groups excluding carboxylic acids is 2. The van der Waals surface area contributed by atoms with Crippen LogP contribution in [0, 0.1) is 5.82 Å². The predicted molar refractivity (Wildman–Crippen MR) is 80.1 cm³/mol. The fourth-order valence-electron chi connectivity index (χ4n) is 2.13. The maximum Gasteiger partial charge on any atom is 0.270 e. The minimum Gasteiger partial charge on any atom is -0.272 e. The van der Waals surface area contributed by atoms with Gasteiger partial charge in [-0.25, -0.2) is 9.40 Å². The summed E-state index contributed by atoms with van der Waals surface area (Å²) in [6.45, 7) is 0. The van der Waals surface area contributed by atoms with Crippen LogP contribution < -0.4 is 5.43 Å². The van der Waals surface area contributed by atoms with Gasteiger partial charge in [-0.05, 0) is 29.8 Å². The van der Waals surface area contributed by atoms with Gasteiger partial charge in [0.25, 0.3) is 11.8 Å². The Morgan fingerprint density at radius 3 is 2.82 bits per heavy atom. The highest BCUT2D eigenvalue weighted by atomic mass is 32.2. The summed E-state index contributed by atoms with van der Waals surface area (Å²) in [5.41, 5.74) is 3.62. The van der Waals surface area contributed by atoms with E-state index in [4.69, 9.17) is 0 Å². The lowest BCUT2D eigenvalue weighted by molar-refractivity contribution is -0.130. The molecule has 22 heavy (non-hydrogen) atoms. The van der Waals surface area contributed by atoms with Crippen molar-refractivity contribution in [2.45, 2.75) is 5.37 Å². The van der Waals surface area contributed by atoms with Gasteiger partial charge in [0.2, 0.25) is 0 Å². The first kappa shape index (κ1) is 14.5. The summed E-state index contributed by atoms with van der Waals surface area (Å²) in [7, 11) is 0. The van der Waals surface area contributed by atoms with Gasteiger partial charge in [-0.3, -0.25) is 20.0 Å². The van der Waals surface area contributed by atoms with E-state index in [0.717, 1.165) is 0 Å². The van der Waals surface area contributed by atoms with Gasteiger partial charge in [-0.2, -0.15) is 0 Å². The number of nitrogens with one attached hydrogen (secondary N) is 1. The number of amides is 2. The standard InChI is InChI=1S/C15H12FN3O2S/c16-12-3-1-2-11(8-12)15-19(13(20)9-22-15)18-14(21)10-4-6-17-7-5-10/h1-8,15H,9H2,(H,18,21). The van der Waals surface area contributed by atoms with E-state index in [-0.39, 0.29) is 17.5 Å². The van der Waals surface area contributed by atoms with Crippen molar-refractivity contribution in [3.05, 3.63) is 65.7 Å². The number of thioether (sulfide) groups is 1. The van der Waals surface area contributed by atoms with E-state index in [1.807, 2.05) is 0 Å². The molecule has 2 heterocycles. The zero-order valence-electron chi connectivity index (χ0n) is 11.4. The van der Waals surface area contributed by atoms with Gasteiger partial charge in [0.15, 0.2) is 0 Å². The van der Waals surface area contributed by atoms with Crippen LogP contribution in [0.4, 0.5) is 4.39 Å². The number of pyridine rings is 1. The summed E-state index contributed by atoms with van der Waals surface area (Å²) in [5, 5.41) is 0.816. The molecule has 1 saturated heterocycles. The average Bonchev–Trinajstić information content (AvgIpc) is 2.89. The average molecular weight is 317 g/mol. The maximum atomic E-state index is 13.4. The summed E-state index contributed by atoms with van der Waals surface area (Å²) < 4.78 is 13.4. The first-order valence-electron chi connectivity index (χ1n) is 6.55. The highest BCUT2D eigenvalue weighted by Gasteiger charge is 2.34. The molecule has 1 aromatic carbocycles. The molecule has 1 fully saturated rings. The summed E-state index contributed by atoms with van der Waals surface area (Å²) in [6, 6.07) is 9.12. The van der Waals surface area contributed by atoms with Crippen molar-refractivity contribution >= 4 is 23.6 Å². The number of aromatic nitrogens is 1. The molecule has 5 nitrogen and oxygen atoms in total. The molecule has 0 saturated carbocycles. The van der Waals surface area contributed by atoms with Crippen molar-refractivity contribution in [2.24, 2.45) is 0 Å². The number of nitrogens with zero attached hydrogens (tertiary/aromatic N) is 2. The molecular weight excluding hydrogens is 305 g/mol. The molecule has 0 spiro atoms. The summed E-state index contributed by atoms with van der Waals surface area (Å²) in [4.78, 5) is 28.0. The predicted octanol–water partition coefficient (Wildman–Crippen LogP) is 2.14. The molecule has 0 bridgehead atoms. The molecule has 1 aliphatic rings. The fraction of sp³-hybridized carbons (Fsp3) is 0.133. The lowest BCUT2D eigenvalue weighted by Crippen LogP contribution is -2.44. The largest absolute Gasteiger partial charge is 0.272 e. The molecule has 1 N–H and O–H groups in total.